The Morgan fingerprint density at radius 2 is 1.77 bits per heavy atom. The van der Waals surface area contributed by atoms with Crippen LogP contribution in [0.2, 0.25) is 10.0 Å². The summed E-state index contributed by atoms with van der Waals surface area (Å²) in [6, 6.07) is 11.0. The van der Waals surface area contributed by atoms with Crippen molar-refractivity contribution in [3.05, 3.63) is 69.6 Å². The van der Waals surface area contributed by atoms with Gasteiger partial charge < -0.3 is 15.4 Å². The van der Waals surface area contributed by atoms with Gasteiger partial charge >= 0.3 is 0 Å². The van der Waals surface area contributed by atoms with Gasteiger partial charge in [-0.15, -0.1) is 0 Å². The number of hydrogen-bond acceptors (Lipinski definition) is 5. The van der Waals surface area contributed by atoms with Gasteiger partial charge in [-0.25, -0.2) is 9.97 Å². The molecule has 3 aromatic rings. The van der Waals surface area contributed by atoms with Gasteiger partial charge in [0.15, 0.2) is 0 Å². The lowest BCUT2D eigenvalue weighted by Crippen LogP contribution is -2.16. The number of carbonyl (C=O) groups is 1. The van der Waals surface area contributed by atoms with E-state index in [4.69, 9.17) is 27.9 Å². The number of nitrogens with one attached hydrogen (secondary N) is 2. The Morgan fingerprint density at radius 1 is 1.06 bits per heavy atom. The predicted molar refractivity (Wildman–Crippen MR) is 127 cm³/mol. The molecule has 164 valence electrons. The molecule has 0 atom stereocenters. The molecule has 0 saturated carbocycles. The summed E-state index contributed by atoms with van der Waals surface area (Å²) in [7, 11) is 1.89. The van der Waals surface area contributed by atoms with E-state index >= 15 is 0 Å². The van der Waals surface area contributed by atoms with Crippen molar-refractivity contribution in [2.24, 2.45) is 0 Å². The minimum absolute atomic E-state index is 0.635. The van der Waals surface area contributed by atoms with E-state index in [1.165, 1.54) is 0 Å². The highest BCUT2D eigenvalue weighted by molar-refractivity contribution is 6.35. The topological polar surface area (TPSA) is 76.1 Å². The Kier molecular flexibility index (Phi) is 9.72. The summed E-state index contributed by atoms with van der Waals surface area (Å²) in [6.45, 7) is 7.18. The molecule has 8 heteroatoms. The van der Waals surface area contributed by atoms with E-state index in [0.717, 1.165) is 40.4 Å². The third kappa shape index (κ3) is 7.51. The molecule has 0 fully saturated rings. The van der Waals surface area contributed by atoms with E-state index in [1.54, 1.807) is 24.4 Å². The third-order valence-electron chi connectivity index (χ3n) is 4.31. The molecule has 0 spiro atoms. The Morgan fingerprint density at radius 3 is 2.39 bits per heavy atom. The van der Waals surface area contributed by atoms with Gasteiger partial charge in [-0.3, -0.25) is 4.79 Å². The van der Waals surface area contributed by atoms with Crippen LogP contribution in [-0.2, 0) is 4.79 Å². The average Bonchev–Trinajstić information content (AvgIpc) is 2.73. The Bertz CT molecular complexity index is 1010. The summed E-state index contributed by atoms with van der Waals surface area (Å²) < 4.78 is 5.56. The van der Waals surface area contributed by atoms with Gasteiger partial charge in [-0.05, 0) is 75.3 Å². The van der Waals surface area contributed by atoms with Crippen LogP contribution in [0.3, 0.4) is 0 Å². The maximum Gasteiger partial charge on any atom is 0.211 e. The number of amides is 1. The van der Waals surface area contributed by atoms with E-state index < -0.39 is 0 Å². The molecule has 2 aromatic carbocycles. The molecule has 0 unspecified atom stereocenters. The molecule has 0 bridgehead atoms. The fraction of sp³-hybridized carbons (Fsp3) is 0.261. The highest BCUT2D eigenvalue weighted by Gasteiger charge is 2.06. The second-order valence-electron chi connectivity index (χ2n) is 6.76. The van der Waals surface area contributed by atoms with Gasteiger partial charge in [0.1, 0.15) is 18.2 Å². The smallest absolute Gasteiger partial charge is 0.211 e. The Labute approximate surface area is 193 Å². The lowest BCUT2D eigenvalue weighted by Gasteiger charge is -2.12. The summed E-state index contributed by atoms with van der Waals surface area (Å²) in [5, 5.41) is 6.99. The second kappa shape index (κ2) is 12.2. The lowest BCUT2D eigenvalue weighted by atomic mass is 10.1. The molecule has 0 aliphatic carbocycles. The minimum Gasteiger partial charge on any atom is -0.492 e. The van der Waals surface area contributed by atoms with Gasteiger partial charge in [0.2, 0.25) is 6.41 Å². The number of aromatic nitrogens is 2. The fourth-order valence-corrected chi connectivity index (χ4v) is 3.25. The molecule has 0 aliphatic rings. The van der Waals surface area contributed by atoms with Crippen LogP contribution >= 0.6 is 23.2 Å². The normalized spacial score (nSPS) is 10.1. The Hall–Kier alpha value is -2.67. The zero-order valence-corrected chi connectivity index (χ0v) is 19.5. The number of benzene rings is 2. The van der Waals surface area contributed by atoms with Crippen molar-refractivity contribution >= 4 is 35.3 Å². The fourth-order valence-electron chi connectivity index (χ4n) is 2.86. The van der Waals surface area contributed by atoms with Gasteiger partial charge in [0, 0.05) is 29.0 Å². The van der Waals surface area contributed by atoms with Crippen molar-refractivity contribution in [3.63, 3.8) is 0 Å². The molecule has 1 amide bonds. The van der Waals surface area contributed by atoms with Crippen LogP contribution in [0.15, 0.2) is 42.6 Å². The van der Waals surface area contributed by atoms with Crippen LogP contribution < -0.4 is 15.4 Å². The van der Waals surface area contributed by atoms with Crippen LogP contribution in [0, 0.1) is 20.8 Å². The van der Waals surface area contributed by atoms with Crippen LogP contribution in [0.5, 0.6) is 5.75 Å². The first kappa shape index (κ1) is 24.6. The molecule has 3 rings (SSSR count). The van der Waals surface area contributed by atoms with Crippen LogP contribution in [0.25, 0.3) is 11.3 Å². The number of aryl methyl sites for hydroxylation is 3. The molecule has 2 N–H and O–H groups in total. The molecule has 0 saturated heterocycles. The third-order valence-corrected chi connectivity index (χ3v) is 4.88. The maximum atomic E-state index is 10.4. The van der Waals surface area contributed by atoms with Crippen LogP contribution in [0.4, 0.5) is 5.69 Å². The van der Waals surface area contributed by atoms with Gasteiger partial charge in [0.25, 0.3) is 0 Å². The van der Waals surface area contributed by atoms with Crippen molar-refractivity contribution in [1.29, 1.82) is 0 Å². The molecule has 1 heterocycles. The Balaban J connectivity index is 0.000000220. The number of carbonyl (C=O) groups excluding carboxylic acids is 1. The van der Waals surface area contributed by atoms with E-state index in [1.807, 2.05) is 46.0 Å². The quantitative estimate of drug-likeness (QED) is 0.372. The first-order valence-electron chi connectivity index (χ1n) is 9.69. The summed E-state index contributed by atoms with van der Waals surface area (Å²) in [6.07, 6.45) is 2.39. The molecular weight excluding hydrogens is 435 g/mol. The zero-order chi connectivity index (χ0) is 22.8. The first-order chi connectivity index (χ1) is 14.8. The van der Waals surface area contributed by atoms with Crippen molar-refractivity contribution in [3.8, 4) is 17.0 Å². The second-order valence-corrected chi connectivity index (χ2v) is 7.60. The van der Waals surface area contributed by atoms with Crippen LogP contribution in [-0.4, -0.2) is 36.6 Å². The molecule has 0 aliphatic heterocycles. The van der Waals surface area contributed by atoms with E-state index in [9.17, 15) is 4.79 Å². The largest absolute Gasteiger partial charge is 0.492 e. The van der Waals surface area contributed by atoms with Gasteiger partial charge in [-0.1, -0.05) is 23.2 Å². The van der Waals surface area contributed by atoms with Crippen molar-refractivity contribution < 1.29 is 9.53 Å². The standard InChI is InChI=1S/C12H18N2O2.C11H8Cl2N2/c1-9-6-11(16-5-4-13-3)7-10(2)12(9)14-8-15;1-7-14-5-4-11(15-7)9-6-8(12)2-3-10(9)13/h6-8,13H,4-5H2,1-3H3,(H,14,15);2-6H,1H3. The molecule has 31 heavy (non-hydrogen) atoms. The molecular formula is C23H26Cl2N4O2. The number of ether oxygens (including phenoxy) is 1. The summed E-state index contributed by atoms with van der Waals surface area (Å²) in [5.41, 5.74) is 4.48. The van der Waals surface area contributed by atoms with E-state index in [-0.39, 0.29) is 0 Å². The van der Waals surface area contributed by atoms with Crippen molar-refractivity contribution in [2.45, 2.75) is 20.8 Å². The summed E-state index contributed by atoms with van der Waals surface area (Å²) in [4.78, 5) is 18.7. The molecule has 6 nitrogen and oxygen atoms in total. The summed E-state index contributed by atoms with van der Waals surface area (Å²) >= 11 is 12.0. The summed E-state index contributed by atoms with van der Waals surface area (Å²) in [5.74, 6) is 1.55. The lowest BCUT2D eigenvalue weighted by molar-refractivity contribution is -0.105. The predicted octanol–water partition coefficient (Wildman–Crippen LogP) is 5.23. The van der Waals surface area contributed by atoms with E-state index in [0.29, 0.717) is 28.9 Å². The molecule has 0 radical (unpaired) electrons. The minimum atomic E-state index is 0.635. The number of rotatable bonds is 7. The number of likely N-dealkylation sites (N-methyl/N-ethyl adjacent to an activating group) is 1. The van der Waals surface area contributed by atoms with Crippen molar-refractivity contribution in [1.82, 2.24) is 15.3 Å². The SMILES string of the molecule is CNCCOc1cc(C)c(NC=O)c(C)c1.Cc1nccc(-c2cc(Cl)ccc2Cl)n1. The van der Waals surface area contributed by atoms with Crippen molar-refractivity contribution in [2.75, 3.05) is 25.5 Å². The zero-order valence-electron chi connectivity index (χ0n) is 18.0. The highest BCUT2D eigenvalue weighted by atomic mass is 35.5. The number of nitrogens with zero attached hydrogens (tertiary/aromatic N) is 2. The monoisotopic (exact) mass is 460 g/mol. The van der Waals surface area contributed by atoms with Crippen LogP contribution in [0.1, 0.15) is 17.0 Å². The van der Waals surface area contributed by atoms with Gasteiger partial charge in [0.05, 0.1) is 10.7 Å². The van der Waals surface area contributed by atoms with E-state index in [2.05, 4.69) is 20.6 Å². The van der Waals surface area contributed by atoms with Gasteiger partial charge in [-0.2, -0.15) is 0 Å². The molecule has 1 aromatic heterocycles. The average molecular weight is 461 g/mol. The maximum absolute atomic E-state index is 10.4. The number of hydrogen-bond donors (Lipinski definition) is 2. The number of halogens is 2. The number of anilines is 1. The first-order valence-corrected chi connectivity index (χ1v) is 10.4. The highest BCUT2D eigenvalue weighted by Crippen LogP contribution is 2.29.